The van der Waals surface area contributed by atoms with Crippen molar-refractivity contribution in [3.63, 3.8) is 0 Å². The fourth-order valence-electron chi connectivity index (χ4n) is 5.21. The SMILES string of the molecule is c1ccc2c(c1)sc1c2c2sc3ccccc3c2c2c1c1ccccc1c1nccn12. The molecule has 0 bridgehead atoms. The quantitative estimate of drug-likeness (QED) is 0.221. The molecule has 0 saturated heterocycles. The molecular weight excluding hydrogens is 416 g/mol. The summed E-state index contributed by atoms with van der Waals surface area (Å²) in [5, 5.41) is 9.26. The van der Waals surface area contributed by atoms with Gasteiger partial charge in [0.15, 0.2) is 0 Å². The molecule has 0 aliphatic rings. The first-order valence-corrected chi connectivity index (χ1v) is 12.0. The van der Waals surface area contributed by atoms with Crippen molar-refractivity contribution in [2.24, 2.45) is 0 Å². The summed E-state index contributed by atoms with van der Waals surface area (Å²) in [4.78, 5) is 4.76. The van der Waals surface area contributed by atoms with Crippen molar-refractivity contribution in [3.8, 4) is 0 Å². The van der Waals surface area contributed by atoms with Crippen molar-refractivity contribution in [2.75, 3.05) is 0 Å². The Balaban J connectivity index is 1.88. The molecule has 4 aromatic heterocycles. The smallest absolute Gasteiger partial charge is 0.145 e. The van der Waals surface area contributed by atoms with E-state index in [0.29, 0.717) is 0 Å². The number of pyridine rings is 1. The lowest BCUT2D eigenvalue weighted by Gasteiger charge is -2.11. The van der Waals surface area contributed by atoms with Gasteiger partial charge in [0.05, 0.1) is 5.52 Å². The minimum absolute atomic E-state index is 1.03. The second kappa shape index (κ2) is 5.61. The molecule has 0 unspecified atom stereocenters. The van der Waals surface area contributed by atoms with Crippen LogP contribution in [0.3, 0.4) is 0 Å². The molecule has 4 heteroatoms. The zero-order chi connectivity index (χ0) is 20.1. The Hall–Kier alpha value is -3.47. The first-order chi connectivity index (χ1) is 15.4. The summed E-state index contributed by atoms with van der Waals surface area (Å²) in [5.41, 5.74) is 2.30. The minimum Gasteiger partial charge on any atom is -0.298 e. The highest BCUT2D eigenvalue weighted by atomic mass is 32.1. The molecule has 31 heavy (non-hydrogen) atoms. The number of aromatic nitrogens is 2. The van der Waals surface area contributed by atoms with E-state index < -0.39 is 0 Å². The third-order valence-corrected chi connectivity index (χ3v) is 8.81. The predicted octanol–water partition coefficient (Wildman–Crippen LogP) is 8.38. The molecule has 0 N–H and O–H groups in total. The van der Waals surface area contributed by atoms with Crippen LogP contribution in [0.2, 0.25) is 0 Å². The summed E-state index contributed by atoms with van der Waals surface area (Å²) >= 11 is 3.83. The molecule has 0 amide bonds. The molecule has 0 atom stereocenters. The van der Waals surface area contributed by atoms with Crippen molar-refractivity contribution in [1.82, 2.24) is 9.38 Å². The third-order valence-electron chi connectivity index (χ3n) is 6.44. The summed E-state index contributed by atoms with van der Waals surface area (Å²) in [6, 6.07) is 26.4. The first kappa shape index (κ1) is 16.3. The Morgan fingerprint density at radius 3 is 1.84 bits per heavy atom. The van der Waals surface area contributed by atoms with Crippen LogP contribution in [-0.4, -0.2) is 9.38 Å². The van der Waals surface area contributed by atoms with Crippen molar-refractivity contribution < 1.29 is 0 Å². The second-order valence-corrected chi connectivity index (χ2v) is 10.1. The van der Waals surface area contributed by atoms with E-state index in [2.05, 4.69) is 83.4 Å². The van der Waals surface area contributed by atoms with Crippen molar-refractivity contribution in [3.05, 3.63) is 85.2 Å². The van der Waals surface area contributed by atoms with E-state index in [1.807, 2.05) is 28.9 Å². The fourth-order valence-corrected chi connectivity index (χ4v) is 7.81. The van der Waals surface area contributed by atoms with E-state index in [-0.39, 0.29) is 0 Å². The highest BCUT2D eigenvalue weighted by Gasteiger charge is 2.22. The number of hydrogen-bond donors (Lipinski definition) is 0. The average molecular weight is 431 g/mol. The van der Waals surface area contributed by atoms with Crippen LogP contribution in [0.25, 0.3) is 67.7 Å². The van der Waals surface area contributed by atoms with E-state index in [1.165, 1.54) is 62.0 Å². The van der Waals surface area contributed by atoms with Gasteiger partial charge in [0, 0.05) is 63.5 Å². The molecule has 0 spiro atoms. The van der Waals surface area contributed by atoms with Crippen molar-refractivity contribution in [2.45, 2.75) is 0 Å². The lowest BCUT2D eigenvalue weighted by Crippen LogP contribution is -1.91. The monoisotopic (exact) mass is 430 g/mol. The van der Waals surface area contributed by atoms with E-state index in [4.69, 9.17) is 4.98 Å². The van der Waals surface area contributed by atoms with Crippen molar-refractivity contribution in [1.29, 1.82) is 0 Å². The minimum atomic E-state index is 1.03. The van der Waals surface area contributed by atoms with Gasteiger partial charge in [-0.25, -0.2) is 4.98 Å². The second-order valence-electron chi connectivity index (χ2n) is 7.99. The van der Waals surface area contributed by atoms with Crippen LogP contribution in [0.4, 0.5) is 0 Å². The number of fused-ring (bicyclic) bond motifs is 15. The molecule has 0 aliphatic carbocycles. The number of thiophene rings is 2. The molecule has 0 radical (unpaired) electrons. The van der Waals surface area contributed by atoms with E-state index in [1.54, 1.807) is 0 Å². The van der Waals surface area contributed by atoms with Crippen molar-refractivity contribution >= 4 is 90.3 Å². The maximum absolute atomic E-state index is 4.76. The zero-order valence-electron chi connectivity index (χ0n) is 16.3. The average Bonchev–Trinajstić information content (AvgIpc) is 3.53. The molecule has 4 heterocycles. The number of benzene rings is 4. The molecule has 4 aromatic carbocycles. The molecule has 8 rings (SSSR count). The molecule has 144 valence electrons. The fraction of sp³-hybridized carbons (Fsp3) is 0. The van der Waals surface area contributed by atoms with Gasteiger partial charge in [0.25, 0.3) is 0 Å². The largest absolute Gasteiger partial charge is 0.298 e. The zero-order valence-corrected chi connectivity index (χ0v) is 17.9. The molecule has 8 aromatic rings. The molecular formula is C27H14N2S2. The van der Waals surface area contributed by atoms with Crippen LogP contribution in [0.5, 0.6) is 0 Å². The number of rotatable bonds is 0. The van der Waals surface area contributed by atoms with Gasteiger partial charge in [0.2, 0.25) is 0 Å². The van der Waals surface area contributed by atoms with Gasteiger partial charge < -0.3 is 0 Å². The van der Waals surface area contributed by atoms with Gasteiger partial charge in [-0.2, -0.15) is 0 Å². The maximum atomic E-state index is 4.76. The van der Waals surface area contributed by atoms with Crippen LogP contribution in [0.1, 0.15) is 0 Å². The van der Waals surface area contributed by atoms with Crippen LogP contribution >= 0.6 is 22.7 Å². The summed E-state index contributed by atoms with van der Waals surface area (Å²) in [6.07, 6.45) is 4.05. The Labute approximate surface area is 184 Å². The van der Waals surface area contributed by atoms with Crippen LogP contribution < -0.4 is 0 Å². The van der Waals surface area contributed by atoms with Crippen LogP contribution in [0.15, 0.2) is 85.2 Å². The van der Waals surface area contributed by atoms with Crippen LogP contribution in [0, 0.1) is 0 Å². The lowest BCUT2D eigenvalue weighted by atomic mass is 9.99. The molecule has 2 nitrogen and oxygen atoms in total. The predicted molar refractivity (Wildman–Crippen MR) is 136 cm³/mol. The molecule has 0 fully saturated rings. The Kier molecular flexibility index (Phi) is 2.94. The van der Waals surface area contributed by atoms with Gasteiger partial charge in [-0.05, 0) is 17.5 Å². The van der Waals surface area contributed by atoms with E-state index in [9.17, 15) is 0 Å². The highest BCUT2D eigenvalue weighted by molar-refractivity contribution is 7.30. The van der Waals surface area contributed by atoms with Gasteiger partial charge in [-0.15, -0.1) is 22.7 Å². The summed E-state index contributed by atoms with van der Waals surface area (Å²) < 4.78 is 7.75. The van der Waals surface area contributed by atoms with Gasteiger partial charge in [0.1, 0.15) is 5.65 Å². The first-order valence-electron chi connectivity index (χ1n) is 10.3. The summed E-state index contributed by atoms with van der Waals surface area (Å²) in [5.74, 6) is 0. The Morgan fingerprint density at radius 2 is 1.13 bits per heavy atom. The van der Waals surface area contributed by atoms with Gasteiger partial charge in [-0.1, -0.05) is 60.7 Å². The normalized spacial score (nSPS) is 12.5. The standard InChI is InChI=1S/C27H14N2S2/c1-2-8-16-15(7-1)21-24(29-14-13-28-27(16)29)22-17-9-3-5-11-19(17)30-26(22)23-18-10-4-6-12-20(18)31-25(21)23/h1-14H. The lowest BCUT2D eigenvalue weighted by molar-refractivity contribution is 1.28. The summed E-state index contributed by atoms with van der Waals surface area (Å²) in [6.45, 7) is 0. The van der Waals surface area contributed by atoms with E-state index in [0.717, 1.165) is 5.65 Å². The number of nitrogens with zero attached hydrogens (tertiary/aromatic N) is 2. The van der Waals surface area contributed by atoms with Gasteiger partial charge >= 0.3 is 0 Å². The highest BCUT2D eigenvalue weighted by Crippen LogP contribution is 2.50. The maximum Gasteiger partial charge on any atom is 0.145 e. The van der Waals surface area contributed by atoms with E-state index >= 15 is 0 Å². The number of hydrogen-bond acceptors (Lipinski definition) is 3. The summed E-state index contributed by atoms with van der Waals surface area (Å²) in [7, 11) is 0. The molecule has 0 aliphatic heterocycles. The van der Waals surface area contributed by atoms with Crippen LogP contribution in [-0.2, 0) is 0 Å². The third kappa shape index (κ3) is 1.91. The molecule has 0 saturated carbocycles. The number of imidazole rings is 1. The Morgan fingerprint density at radius 1 is 0.581 bits per heavy atom. The van der Waals surface area contributed by atoms with Gasteiger partial charge in [-0.3, -0.25) is 4.40 Å². The topological polar surface area (TPSA) is 17.3 Å². The Bertz CT molecular complexity index is 2000.